The van der Waals surface area contributed by atoms with Gasteiger partial charge in [-0.15, -0.1) is 0 Å². The monoisotopic (exact) mass is 412 g/mol. The van der Waals surface area contributed by atoms with Gasteiger partial charge in [-0.2, -0.15) is 0 Å². The van der Waals surface area contributed by atoms with Crippen molar-refractivity contribution >= 4 is 28.6 Å². The number of carbonyl (C=O) groups is 1. The molecule has 1 amide bonds. The van der Waals surface area contributed by atoms with Crippen LogP contribution in [0.25, 0.3) is 11.0 Å². The quantitative estimate of drug-likeness (QED) is 0.467. The van der Waals surface area contributed by atoms with E-state index in [4.69, 9.17) is 9.40 Å². The number of carbonyl (C=O) groups excluding carboxylic acids is 1. The number of aryl methyl sites for hydroxylation is 3. The van der Waals surface area contributed by atoms with Gasteiger partial charge in [0, 0.05) is 11.4 Å². The number of furan rings is 1. The average molecular weight is 412 g/mol. The third-order valence-electron chi connectivity index (χ3n) is 5.74. The first-order valence-electron chi connectivity index (χ1n) is 10.3. The molecule has 31 heavy (non-hydrogen) atoms. The average Bonchev–Trinajstić information content (AvgIpc) is 3.32. The molecular formula is C25H24N4O2. The minimum Gasteiger partial charge on any atom is -0.464 e. The molecule has 6 heteroatoms. The molecule has 0 spiro atoms. The number of hydrogen-bond acceptors (Lipinski definition) is 4. The summed E-state index contributed by atoms with van der Waals surface area (Å²) in [5, 5.41) is 6.43. The van der Waals surface area contributed by atoms with E-state index in [0.717, 1.165) is 39.3 Å². The lowest BCUT2D eigenvalue weighted by atomic mass is 9.98. The predicted octanol–water partition coefficient (Wildman–Crippen LogP) is 5.48. The number of amides is 1. The van der Waals surface area contributed by atoms with Gasteiger partial charge in [0.05, 0.1) is 16.6 Å². The van der Waals surface area contributed by atoms with Crippen LogP contribution < -0.4 is 10.6 Å². The van der Waals surface area contributed by atoms with E-state index in [1.807, 2.05) is 80.8 Å². The molecule has 0 bridgehead atoms. The first-order chi connectivity index (χ1) is 14.9. The minimum atomic E-state index is -0.428. The van der Waals surface area contributed by atoms with Crippen molar-refractivity contribution in [3.63, 3.8) is 0 Å². The summed E-state index contributed by atoms with van der Waals surface area (Å²) < 4.78 is 8.07. The molecule has 2 aromatic heterocycles. The van der Waals surface area contributed by atoms with Crippen LogP contribution in [0.4, 0.5) is 11.6 Å². The number of nitrogens with zero attached hydrogens (tertiary/aromatic N) is 2. The van der Waals surface area contributed by atoms with Crippen LogP contribution in [-0.2, 0) is 4.79 Å². The van der Waals surface area contributed by atoms with Crippen molar-refractivity contribution in [1.29, 1.82) is 0 Å². The molecule has 0 aliphatic carbocycles. The Balaban J connectivity index is 1.65. The number of benzene rings is 2. The van der Waals surface area contributed by atoms with E-state index in [-0.39, 0.29) is 5.91 Å². The van der Waals surface area contributed by atoms with Crippen LogP contribution in [0, 0.1) is 20.8 Å². The highest BCUT2D eigenvalue weighted by molar-refractivity contribution is 6.06. The molecule has 1 aliphatic heterocycles. The molecule has 5 rings (SSSR count). The van der Waals surface area contributed by atoms with Gasteiger partial charge in [0.15, 0.2) is 0 Å². The van der Waals surface area contributed by atoms with Gasteiger partial charge in [0.25, 0.3) is 5.91 Å². The standard InChI is InChI=1S/C25H24N4O2/c1-14-9-11-18(15(2)13-14)27-24(30)22-17(4)26-25-28-19-7-5-6-8-20(19)29(25)23(22)21-12-10-16(3)31-21/h5-13,23H,1-4H3,(H,26,28)(H,27,30)/t23-/m1/s1. The number of para-hydroxylation sites is 2. The van der Waals surface area contributed by atoms with Gasteiger partial charge in [0.2, 0.25) is 5.95 Å². The molecular weight excluding hydrogens is 388 g/mol. The fourth-order valence-corrected chi connectivity index (χ4v) is 4.27. The first kappa shape index (κ1) is 19.2. The molecule has 4 aromatic rings. The number of imidazole rings is 1. The number of hydrogen-bond donors (Lipinski definition) is 2. The Bertz CT molecular complexity index is 1360. The number of rotatable bonds is 3. The van der Waals surface area contributed by atoms with Crippen molar-refractivity contribution < 1.29 is 9.21 Å². The highest BCUT2D eigenvalue weighted by Crippen LogP contribution is 2.40. The Labute approximate surface area is 180 Å². The van der Waals surface area contributed by atoms with Gasteiger partial charge in [0.1, 0.15) is 17.6 Å². The van der Waals surface area contributed by atoms with Crippen LogP contribution >= 0.6 is 0 Å². The highest BCUT2D eigenvalue weighted by Gasteiger charge is 2.36. The van der Waals surface area contributed by atoms with Gasteiger partial charge in [-0.1, -0.05) is 29.8 Å². The zero-order valence-electron chi connectivity index (χ0n) is 18.0. The van der Waals surface area contributed by atoms with Crippen LogP contribution in [0.15, 0.2) is 70.3 Å². The van der Waals surface area contributed by atoms with E-state index < -0.39 is 6.04 Å². The molecule has 0 saturated carbocycles. The molecule has 2 N–H and O–H groups in total. The smallest absolute Gasteiger partial charge is 0.255 e. The molecule has 0 unspecified atom stereocenters. The number of nitrogens with one attached hydrogen (secondary N) is 2. The second-order valence-electron chi connectivity index (χ2n) is 8.08. The lowest BCUT2D eigenvalue weighted by Crippen LogP contribution is -2.30. The maximum Gasteiger partial charge on any atom is 0.255 e. The van der Waals surface area contributed by atoms with Crippen LogP contribution in [0.5, 0.6) is 0 Å². The van der Waals surface area contributed by atoms with Gasteiger partial charge in [-0.3, -0.25) is 9.36 Å². The Hall–Kier alpha value is -3.80. The first-order valence-corrected chi connectivity index (χ1v) is 10.3. The second kappa shape index (κ2) is 7.16. The molecule has 0 radical (unpaired) electrons. The van der Waals surface area contributed by atoms with E-state index in [9.17, 15) is 4.79 Å². The van der Waals surface area contributed by atoms with Crippen molar-refractivity contribution in [2.45, 2.75) is 33.7 Å². The van der Waals surface area contributed by atoms with Gasteiger partial charge >= 0.3 is 0 Å². The Morgan fingerprint density at radius 1 is 1.06 bits per heavy atom. The maximum atomic E-state index is 13.6. The Kier molecular flexibility index (Phi) is 4.43. The summed E-state index contributed by atoms with van der Waals surface area (Å²) in [5.41, 5.74) is 6.13. The van der Waals surface area contributed by atoms with E-state index in [2.05, 4.69) is 16.7 Å². The molecule has 156 valence electrons. The van der Waals surface area contributed by atoms with Crippen LogP contribution in [-0.4, -0.2) is 15.5 Å². The van der Waals surface area contributed by atoms with Crippen molar-refractivity contribution in [2.24, 2.45) is 0 Å². The summed E-state index contributed by atoms with van der Waals surface area (Å²) >= 11 is 0. The SMILES string of the molecule is CC1=C(C(=O)Nc2ccc(C)cc2C)[C@@H](c2ccc(C)o2)n2c(nc3ccccc32)N1. The van der Waals surface area contributed by atoms with Crippen LogP contribution in [0.3, 0.4) is 0 Å². The maximum absolute atomic E-state index is 13.6. The molecule has 6 nitrogen and oxygen atoms in total. The van der Waals surface area contributed by atoms with Gasteiger partial charge < -0.3 is 15.1 Å². The number of fused-ring (bicyclic) bond motifs is 3. The third-order valence-corrected chi connectivity index (χ3v) is 5.74. The molecule has 2 aromatic carbocycles. The molecule has 1 atom stereocenters. The highest BCUT2D eigenvalue weighted by atomic mass is 16.3. The minimum absolute atomic E-state index is 0.167. The largest absolute Gasteiger partial charge is 0.464 e. The van der Waals surface area contributed by atoms with Crippen molar-refractivity contribution in [1.82, 2.24) is 9.55 Å². The van der Waals surface area contributed by atoms with Crippen molar-refractivity contribution in [2.75, 3.05) is 10.6 Å². The topological polar surface area (TPSA) is 72.1 Å². The zero-order valence-corrected chi connectivity index (χ0v) is 18.0. The lowest BCUT2D eigenvalue weighted by molar-refractivity contribution is -0.113. The summed E-state index contributed by atoms with van der Waals surface area (Å²) in [5.74, 6) is 2.03. The lowest BCUT2D eigenvalue weighted by Gasteiger charge is -2.29. The van der Waals surface area contributed by atoms with Crippen molar-refractivity contribution in [3.8, 4) is 0 Å². The summed E-state index contributed by atoms with van der Waals surface area (Å²) in [6.07, 6.45) is 0. The van der Waals surface area contributed by atoms with E-state index >= 15 is 0 Å². The Morgan fingerprint density at radius 2 is 1.87 bits per heavy atom. The molecule has 0 saturated heterocycles. The Morgan fingerprint density at radius 3 is 2.61 bits per heavy atom. The molecule has 1 aliphatic rings. The summed E-state index contributed by atoms with van der Waals surface area (Å²) in [4.78, 5) is 18.3. The van der Waals surface area contributed by atoms with Crippen LogP contribution in [0.1, 0.15) is 35.6 Å². The normalized spacial score (nSPS) is 15.7. The number of allylic oxidation sites excluding steroid dienone is 1. The molecule has 3 heterocycles. The van der Waals surface area contributed by atoms with Crippen molar-refractivity contribution in [3.05, 3.63) is 88.5 Å². The number of anilines is 2. The zero-order chi connectivity index (χ0) is 21.7. The second-order valence-corrected chi connectivity index (χ2v) is 8.08. The predicted molar refractivity (Wildman–Crippen MR) is 122 cm³/mol. The molecule has 0 fully saturated rings. The third kappa shape index (κ3) is 3.20. The summed E-state index contributed by atoms with van der Waals surface area (Å²) in [6.45, 7) is 7.85. The van der Waals surface area contributed by atoms with Gasteiger partial charge in [-0.05, 0) is 63.6 Å². The van der Waals surface area contributed by atoms with E-state index in [1.54, 1.807) is 0 Å². The summed E-state index contributed by atoms with van der Waals surface area (Å²) in [7, 11) is 0. The van der Waals surface area contributed by atoms with E-state index in [1.165, 1.54) is 0 Å². The summed E-state index contributed by atoms with van der Waals surface area (Å²) in [6, 6.07) is 17.3. The van der Waals surface area contributed by atoms with E-state index in [0.29, 0.717) is 17.3 Å². The fourth-order valence-electron chi connectivity index (χ4n) is 4.27. The fraction of sp³-hybridized carbons (Fsp3) is 0.200. The van der Waals surface area contributed by atoms with Gasteiger partial charge in [-0.25, -0.2) is 4.98 Å². The van der Waals surface area contributed by atoms with Crippen LogP contribution in [0.2, 0.25) is 0 Å². The number of aromatic nitrogens is 2.